The van der Waals surface area contributed by atoms with Gasteiger partial charge in [0.05, 0.1) is 5.69 Å². The lowest BCUT2D eigenvalue weighted by atomic mass is 10.2. The van der Waals surface area contributed by atoms with Crippen molar-refractivity contribution in [1.29, 1.82) is 0 Å². The average Bonchev–Trinajstić information content (AvgIpc) is 3.32. The quantitative estimate of drug-likeness (QED) is 0.664. The van der Waals surface area contributed by atoms with Crippen LogP contribution >= 0.6 is 0 Å². The van der Waals surface area contributed by atoms with E-state index in [9.17, 15) is 0 Å². The van der Waals surface area contributed by atoms with Crippen LogP contribution in [0.2, 0.25) is 0 Å². The highest BCUT2D eigenvalue weighted by molar-refractivity contribution is 5.53. The molecule has 4 heterocycles. The van der Waals surface area contributed by atoms with Crippen molar-refractivity contribution in [3.63, 3.8) is 0 Å². The Morgan fingerprint density at radius 2 is 1.43 bits per heavy atom. The van der Waals surface area contributed by atoms with Crippen LogP contribution in [0.5, 0.6) is 0 Å². The molecule has 5 rings (SSSR count). The first-order chi connectivity index (χ1) is 14.5. The van der Waals surface area contributed by atoms with Gasteiger partial charge in [-0.3, -0.25) is 0 Å². The van der Waals surface area contributed by atoms with Crippen LogP contribution in [0, 0.1) is 27.7 Å². The van der Waals surface area contributed by atoms with Gasteiger partial charge in [0, 0.05) is 49.2 Å². The Bertz CT molecular complexity index is 1090. The third-order valence-electron chi connectivity index (χ3n) is 5.96. The summed E-state index contributed by atoms with van der Waals surface area (Å²) in [4.78, 5) is 23.6. The number of hydrogen-bond acceptors (Lipinski definition) is 7. The van der Waals surface area contributed by atoms with E-state index >= 15 is 0 Å². The number of rotatable bonds is 3. The smallest absolute Gasteiger partial charge is 0.159 e. The van der Waals surface area contributed by atoms with E-state index < -0.39 is 0 Å². The molecule has 0 unspecified atom stereocenters. The van der Waals surface area contributed by atoms with E-state index in [1.54, 1.807) is 0 Å². The van der Waals surface area contributed by atoms with Crippen molar-refractivity contribution in [2.45, 2.75) is 47.0 Å². The second-order valence-electron chi connectivity index (χ2n) is 8.32. The molecule has 30 heavy (non-hydrogen) atoms. The molecule has 0 spiro atoms. The van der Waals surface area contributed by atoms with E-state index in [1.165, 1.54) is 17.7 Å². The van der Waals surface area contributed by atoms with Gasteiger partial charge < -0.3 is 9.80 Å². The van der Waals surface area contributed by atoms with Gasteiger partial charge in [0.25, 0.3) is 0 Å². The molecule has 0 aromatic carbocycles. The number of aryl methyl sites for hydroxylation is 5. The summed E-state index contributed by atoms with van der Waals surface area (Å²) in [5, 5.41) is 4.59. The Morgan fingerprint density at radius 1 is 0.733 bits per heavy atom. The molecule has 8 heteroatoms. The molecule has 3 aromatic heterocycles. The van der Waals surface area contributed by atoms with Gasteiger partial charge in [-0.1, -0.05) is 0 Å². The molecule has 0 radical (unpaired) electrons. The minimum Gasteiger partial charge on any atom is -0.353 e. The number of aromatic nitrogens is 6. The van der Waals surface area contributed by atoms with Crippen molar-refractivity contribution in [3.05, 3.63) is 46.4 Å². The van der Waals surface area contributed by atoms with Crippen molar-refractivity contribution in [3.8, 4) is 5.82 Å². The maximum Gasteiger partial charge on any atom is 0.159 e. The minimum absolute atomic E-state index is 0.765. The first-order valence-electron chi connectivity index (χ1n) is 10.7. The van der Waals surface area contributed by atoms with E-state index in [-0.39, 0.29) is 0 Å². The SMILES string of the molecule is Cc1cc(C)n(-c2cc(N3CCN(c4nc(C)nc5c4CCC5)CC3)nc(C)n2)n1. The van der Waals surface area contributed by atoms with Crippen molar-refractivity contribution < 1.29 is 0 Å². The summed E-state index contributed by atoms with van der Waals surface area (Å²) in [5.41, 5.74) is 4.68. The Balaban J connectivity index is 1.37. The largest absolute Gasteiger partial charge is 0.353 e. The van der Waals surface area contributed by atoms with Crippen molar-refractivity contribution in [1.82, 2.24) is 29.7 Å². The molecule has 0 saturated carbocycles. The molecule has 0 amide bonds. The zero-order valence-corrected chi connectivity index (χ0v) is 18.2. The van der Waals surface area contributed by atoms with Gasteiger partial charge in [-0.2, -0.15) is 5.10 Å². The standard InChI is InChI=1S/C22H28N8/c1-14-12-15(2)30(27-14)21-13-20(24-17(4)25-21)28-8-10-29(11-9-28)22-18-6-5-7-19(18)23-16(3)26-22/h12-13H,5-11H2,1-4H3. The highest BCUT2D eigenvalue weighted by Gasteiger charge is 2.26. The lowest BCUT2D eigenvalue weighted by Gasteiger charge is -2.37. The zero-order chi connectivity index (χ0) is 20.8. The first-order valence-corrected chi connectivity index (χ1v) is 10.7. The average molecular weight is 405 g/mol. The van der Waals surface area contributed by atoms with E-state index in [1.807, 2.05) is 25.5 Å². The van der Waals surface area contributed by atoms with Gasteiger partial charge in [-0.25, -0.2) is 24.6 Å². The molecule has 1 saturated heterocycles. The molecule has 1 fully saturated rings. The number of piperazine rings is 1. The molecule has 156 valence electrons. The Kier molecular flexibility index (Phi) is 4.64. The predicted octanol–water partition coefficient (Wildman–Crippen LogP) is 2.50. The summed E-state index contributed by atoms with van der Waals surface area (Å²) in [5.74, 6) is 4.59. The number of nitrogens with zero attached hydrogens (tertiary/aromatic N) is 8. The summed E-state index contributed by atoms with van der Waals surface area (Å²) in [6.45, 7) is 11.7. The van der Waals surface area contributed by atoms with Gasteiger partial charge >= 0.3 is 0 Å². The third-order valence-corrected chi connectivity index (χ3v) is 5.96. The van der Waals surface area contributed by atoms with Crippen molar-refractivity contribution in [2.75, 3.05) is 36.0 Å². The van der Waals surface area contributed by atoms with Gasteiger partial charge in [-0.05, 0) is 53.0 Å². The molecule has 0 atom stereocenters. The van der Waals surface area contributed by atoms with Crippen LogP contribution in [0.4, 0.5) is 11.6 Å². The number of hydrogen-bond donors (Lipinski definition) is 0. The van der Waals surface area contributed by atoms with Crippen molar-refractivity contribution in [2.24, 2.45) is 0 Å². The lowest BCUT2D eigenvalue weighted by molar-refractivity contribution is 0.634. The normalized spacial score (nSPS) is 16.3. The summed E-state index contributed by atoms with van der Waals surface area (Å²) in [6.07, 6.45) is 3.37. The van der Waals surface area contributed by atoms with Crippen LogP contribution < -0.4 is 9.80 Å². The maximum absolute atomic E-state index is 4.81. The summed E-state index contributed by atoms with van der Waals surface area (Å²) >= 11 is 0. The van der Waals surface area contributed by atoms with Crippen LogP contribution in [-0.2, 0) is 12.8 Å². The number of anilines is 2. The van der Waals surface area contributed by atoms with Crippen LogP contribution in [0.3, 0.4) is 0 Å². The molecule has 0 N–H and O–H groups in total. The predicted molar refractivity (Wildman–Crippen MR) is 117 cm³/mol. The summed E-state index contributed by atoms with van der Waals surface area (Å²) in [7, 11) is 0. The fraction of sp³-hybridized carbons (Fsp3) is 0.500. The molecule has 0 bridgehead atoms. The first kappa shape index (κ1) is 19.0. The lowest BCUT2D eigenvalue weighted by Crippen LogP contribution is -2.47. The Hall–Kier alpha value is -3.03. The fourth-order valence-corrected chi connectivity index (χ4v) is 4.61. The highest BCUT2D eigenvalue weighted by atomic mass is 15.3. The second kappa shape index (κ2) is 7.34. The zero-order valence-electron chi connectivity index (χ0n) is 18.2. The molecule has 1 aliphatic carbocycles. The van der Waals surface area contributed by atoms with Gasteiger partial charge in [0.1, 0.15) is 23.3 Å². The van der Waals surface area contributed by atoms with Crippen LogP contribution in [-0.4, -0.2) is 55.9 Å². The van der Waals surface area contributed by atoms with E-state index in [4.69, 9.17) is 9.97 Å². The molecule has 2 aliphatic rings. The van der Waals surface area contributed by atoms with E-state index in [0.717, 1.165) is 79.5 Å². The maximum atomic E-state index is 4.81. The molecular weight excluding hydrogens is 376 g/mol. The molecule has 3 aromatic rings. The van der Waals surface area contributed by atoms with Crippen LogP contribution in [0.25, 0.3) is 5.82 Å². The van der Waals surface area contributed by atoms with Crippen molar-refractivity contribution >= 4 is 11.6 Å². The molecule has 8 nitrogen and oxygen atoms in total. The van der Waals surface area contributed by atoms with Gasteiger partial charge in [0.2, 0.25) is 0 Å². The van der Waals surface area contributed by atoms with E-state index in [2.05, 4.69) is 43.9 Å². The summed E-state index contributed by atoms with van der Waals surface area (Å²) in [6, 6.07) is 4.12. The monoisotopic (exact) mass is 404 g/mol. The van der Waals surface area contributed by atoms with Gasteiger partial charge in [-0.15, -0.1) is 0 Å². The Labute approximate surface area is 177 Å². The van der Waals surface area contributed by atoms with Gasteiger partial charge in [0.15, 0.2) is 5.82 Å². The molecular formula is C22H28N8. The Morgan fingerprint density at radius 3 is 2.17 bits per heavy atom. The topological polar surface area (TPSA) is 75.9 Å². The molecule has 1 aliphatic heterocycles. The summed E-state index contributed by atoms with van der Waals surface area (Å²) < 4.78 is 1.90. The van der Waals surface area contributed by atoms with Crippen LogP contribution in [0.1, 0.15) is 40.7 Å². The third kappa shape index (κ3) is 3.40. The highest BCUT2D eigenvalue weighted by Crippen LogP contribution is 2.30. The van der Waals surface area contributed by atoms with E-state index in [0.29, 0.717) is 0 Å². The number of fused-ring (bicyclic) bond motifs is 1. The fourth-order valence-electron chi connectivity index (χ4n) is 4.61. The van der Waals surface area contributed by atoms with Crippen LogP contribution in [0.15, 0.2) is 12.1 Å². The minimum atomic E-state index is 0.765. The second-order valence-corrected chi connectivity index (χ2v) is 8.32.